The first kappa shape index (κ1) is 16.4. The first-order valence-corrected chi connectivity index (χ1v) is 9.33. The fourth-order valence-corrected chi connectivity index (χ4v) is 4.24. The Balaban J connectivity index is 1.79. The zero-order valence-corrected chi connectivity index (χ0v) is 15.5. The summed E-state index contributed by atoms with van der Waals surface area (Å²) in [6.45, 7) is 0. The second-order valence-electron chi connectivity index (χ2n) is 4.45. The van der Waals surface area contributed by atoms with Gasteiger partial charge in [0.05, 0.1) is 10.5 Å². The molecule has 116 valence electrons. The van der Waals surface area contributed by atoms with Gasteiger partial charge in [-0.25, -0.2) is 0 Å². The summed E-state index contributed by atoms with van der Waals surface area (Å²) in [6, 6.07) is 10.8. The van der Waals surface area contributed by atoms with Crippen molar-refractivity contribution in [2.24, 2.45) is 0 Å². The Labute approximate surface area is 154 Å². The number of benzene rings is 1. The van der Waals surface area contributed by atoms with E-state index in [1.165, 1.54) is 23.1 Å². The molecule has 2 aromatic rings. The average Bonchev–Trinajstić information content (AvgIpc) is 3.12. The van der Waals surface area contributed by atoms with Gasteiger partial charge in [0.2, 0.25) is 0 Å². The minimum atomic E-state index is -0.397. The highest BCUT2D eigenvalue weighted by molar-refractivity contribution is 9.10. The van der Waals surface area contributed by atoms with Crippen LogP contribution in [0.25, 0.3) is 6.08 Å². The fourth-order valence-electron chi connectivity index (χ4n) is 1.87. The first-order chi connectivity index (χ1) is 11.1. The van der Waals surface area contributed by atoms with E-state index in [4.69, 9.17) is 12.2 Å². The number of hydrogen-bond acceptors (Lipinski definition) is 5. The number of nitrogens with zero attached hydrogens (tertiary/aromatic N) is 1. The number of hydrogen-bond donors (Lipinski definition) is 1. The number of thioether (sulfide) groups is 1. The molecule has 0 bridgehead atoms. The summed E-state index contributed by atoms with van der Waals surface area (Å²) < 4.78 is 0.954. The van der Waals surface area contributed by atoms with E-state index in [-0.39, 0.29) is 5.91 Å². The Morgan fingerprint density at radius 1 is 1.26 bits per heavy atom. The van der Waals surface area contributed by atoms with Crippen LogP contribution >= 0.6 is 51.2 Å². The van der Waals surface area contributed by atoms with Crippen molar-refractivity contribution in [1.29, 1.82) is 0 Å². The van der Waals surface area contributed by atoms with Gasteiger partial charge in [-0.05, 0) is 57.8 Å². The van der Waals surface area contributed by atoms with Crippen molar-refractivity contribution in [2.45, 2.75) is 0 Å². The molecule has 0 spiro atoms. The highest BCUT2D eigenvalue weighted by atomic mass is 79.9. The Morgan fingerprint density at radius 3 is 2.74 bits per heavy atom. The molecule has 1 fully saturated rings. The zero-order chi connectivity index (χ0) is 16.4. The van der Waals surface area contributed by atoms with Crippen LogP contribution < -0.4 is 5.43 Å². The Kier molecular flexibility index (Phi) is 4.96. The molecule has 0 saturated carbocycles. The van der Waals surface area contributed by atoms with Crippen LogP contribution in [0.2, 0.25) is 0 Å². The second kappa shape index (κ2) is 6.96. The zero-order valence-electron chi connectivity index (χ0n) is 11.5. The van der Waals surface area contributed by atoms with Crippen LogP contribution in [0.1, 0.15) is 15.2 Å². The minimum absolute atomic E-state index is 0.304. The van der Waals surface area contributed by atoms with Crippen LogP contribution in [0.5, 0.6) is 0 Å². The number of amides is 2. The van der Waals surface area contributed by atoms with Gasteiger partial charge in [-0.2, -0.15) is 5.01 Å². The molecule has 8 heteroatoms. The number of thiocarbonyl (C=S) groups is 1. The van der Waals surface area contributed by atoms with E-state index >= 15 is 0 Å². The summed E-state index contributed by atoms with van der Waals surface area (Å²) in [5.74, 6) is -0.722. The molecule has 1 aliphatic heterocycles. The van der Waals surface area contributed by atoms with E-state index in [2.05, 4.69) is 21.4 Å². The molecule has 1 aromatic carbocycles. The summed E-state index contributed by atoms with van der Waals surface area (Å²) in [7, 11) is 0. The smallest absolute Gasteiger partial charge is 0.267 e. The predicted molar refractivity (Wildman–Crippen MR) is 101 cm³/mol. The SMILES string of the molecule is O=C(NN1C(=O)/C(=C/c2cccs2)SC1=S)c1ccccc1Br. The standard InChI is InChI=1S/C15H9BrN2O2S3/c16-11-6-2-1-5-10(11)13(19)17-18-14(20)12(23-15(18)21)8-9-4-3-7-22-9/h1-8H,(H,17,19)/b12-8-. The Hall–Kier alpha value is -1.48. The molecule has 4 nitrogen and oxygen atoms in total. The van der Waals surface area contributed by atoms with Crippen molar-refractivity contribution in [3.05, 3.63) is 61.6 Å². The lowest BCUT2D eigenvalue weighted by Crippen LogP contribution is -2.44. The molecule has 1 saturated heterocycles. The van der Waals surface area contributed by atoms with Gasteiger partial charge < -0.3 is 0 Å². The summed E-state index contributed by atoms with van der Waals surface area (Å²) >= 11 is 11.2. The van der Waals surface area contributed by atoms with Gasteiger partial charge in [0.1, 0.15) is 0 Å². The van der Waals surface area contributed by atoms with Crippen LogP contribution in [0.4, 0.5) is 0 Å². The van der Waals surface area contributed by atoms with Gasteiger partial charge in [-0.1, -0.05) is 30.0 Å². The maximum Gasteiger partial charge on any atom is 0.285 e. The lowest BCUT2D eigenvalue weighted by atomic mass is 10.2. The molecule has 3 rings (SSSR count). The molecule has 2 amide bonds. The fraction of sp³-hybridized carbons (Fsp3) is 0. The number of thiophene rings is 1. The van der Waals surface area contributed by atoms with Gasteiger partial charge in [-0.3, -0.25) is 15.0 Å². The van der Waals surface area contributed by atoms with Crippen LogP contribution in [-0.2, 0) is 4.79 Å². The molecule has 2 heterocycles. The van der Waals surface area contributed by atoms with Crippen molar-refractivity contribution >= 4 is 73.5 Å². The number of nitrogens with one attached hydrogen (secondary N) is 1. The molecular weight excluding hydrogens is 416 g/mol. The number of carbonyl (C=O) groups excluding carboxylic acids is 2. The minimum Gasteiger partial charge on any atom is -0.267 e. The molecule has 0 atom stereocenters. The number of hydrazine groups is 1. The summed E-state index contributed by atoms with van der Waals surface area (Å²) in [6.07, 6.45) is 1.77. The highest BCUT2D eigenvalue weighted by Crippen LogP contribution is 2.32. The van der Waals surface area contributed by atoms with E-state index in [1.54, 1.807) is 24.3 Å². The molecule has 1 aromatic heterocycles. The molecule has 1 N–H and O–H groups in total. The van der Waals surface area contributed by atoms with Gasteiger partial charge in [0.15, 0.2) is 4.32 Å². The van der Waals surface area contributed by atoms with Crippen molar-refractivity contribution in [1.82, 2.24) is 10.4 Å². The molecule has 1 aliphatic rings. The van der Waals surface area contributed by atoms with Crippen molar-refractivity contribution in [2.75, 3.05) is 0 Å². The molecule has 0 unspecified atom stereocenters. The predicted octanol–water partition coefficient (Wildman–Crippen LogP) is 4.06. The number of carbonyl (C=O) groups is 2. The molecule has 0 radical (unpaired) electrons. The third-order valence-corrected chi connectivity index (χ3v) is 5.76. The molecule has 0 aliphatic carbocycles. The topological polar surface area (TPSA) is 49.4 Å². The van der Waals surface area contributed by atoms with Crippen LogP contribution in [0.3, 0.4) is 0 Å². The van der Waals surface area contributed by atoms with E-state index in [1.807, 2.05) is 23.6 Å². The summed E-state index contributed by atoms with van der Waals surface area (Å²) in [4.78, 5) is 26.2. The largest absolute Gasteiger partial charge is 0.285 e. The number of halogens is 1. The third kappa shape index (κ3) is 3.55. The summed E-state index contributed by atoms with van der Waals surface area (Å²) in [5, 5.41) is 3.04. The van der Waals surface area contributed by atoms with Crippen LogP contribution in [0, 0.1) is 0 Å². The number of rotatable bonds is 3. The van der Waals surface area contributed by atoms with Crippen LogP contribution in [-0.4, -0.2) is 21.1 Å². The normalized spacial score (nSPS) is 16.2. The van der Waals surface area contributed by atoms with Gasteiger partial charge >= 0.3 is 0 Å². The third-order valence-electron chi connectivity index (χ3n) is 2.94. The highest BCUT2D eigenvalue weighted by Gasteiger charge is 2.34. The molecular formula is C15H9BrN2O2S3. The van der Waals surface area contributed by atoms with E-state index in [0.717, 1.165) is 9.89 Å². The maximum atomic E-state index is 12.4. The quantitative estimate of drug-likeness (QED) is 0.596. The van der Waals surface area contributed by atoms with Crippen LogP contribution in [0.15, 0.2) is 51.2 Å². The maximum absolute atomic E-state index is 12.4. The van der Waals surface area contributed by atoms with Gasteiger partial charge in [0.25, 0.3) is 11.8 Å². The van der Waals surface area contributed by atoms with Crippen molar-refractivity contribution < 1.29 is 9.59 Å². The second-order valence-corrected chi connectivity index (χ2v) is 7.96. The lowest BCUT2D eigenvalue weighted by Gasteiger charge is -2.16. The van der Waals surface area contributed by atoms with E-state index in [0.29, 0.717) is 19.3 Å². The summed E-state index contributed by atoms with van der Waals surface area (Å²) in [5.41, 5.74) is 2.99. The monoisotopic (exact) mass is 424 g/mol. The van der Waals surface area contributed by atoms with Gasteiger partial charge in [-0.15, -0.1) is 11.3 Å². The van der Waals surface area contributed by atoms with Crippen molar-refractivity contribution in [3.63, 3.8) is 0 Å². The van der Waals surface area contributed by atoms with Gasteiger partial charge in [0, 0.05) is 9.35 Å². The van der Waals surface area contributed by atoms with E-state index in [9.17, 15) is 9.59 Å². The average molecular weight is 425 g/mol. The van der Waals surface area contributed by atoms with Crippen molar-refractivity contribution in [3.8, 4) is 0 Å². The van der Waals surface area contributed by atoms with E-state index < -0.39 is 5.91 Å². The first-order valence-electron chi connectivity index (χ1n) is 6.43. The Bertz CT molecular complexity index is 818. The lowest BCUT2D eigenvalue weighted by molar-refractivity contribution is -0.123. The Morgan fingerprint density at radius 2 is 2.04 bits per heavy atom. The molecule has 23 heavy (non-hydrogen) atoms.